The van der Waals surface area contributed by atoms with Crippen LogP contribution >= 0.6 is 0 Å². The first-order valence-electron chi connectivity index (χ1n) is 6.30. The summed E-state index contributed by atoms with van der Waals surface area (Å²) in [5, 5.41) is 0. The third-order valence-electron chi connectivity index (χ3n) is 3.01. The van der Waals surface area contributed by atoms with Crippen LogP contribution in [0.2, 0.25) is 0 Å². The van der Waals surface area contributed by atoms with Gasteiger partial charge in [0.05, 0.1) is 5.75 Å². The Bertz CT molecular complexity index is 282. The van der Waals surface area contributed by atoms with Gasteiger partial charge in [-0.25, -0.2) is 8.42 Å². The van der Waals surface area contributed by atoms with Gasteiger partial charge in [0.1, 0.15) is 0 Å². The lowest BCUT2D eigenvalue weighted by molar-refractivity contribution is 0.186. The number of hydrogen-bond donors (Lipinski definition) is 0. The number of sulfonamides is 1. The SMILES string of the molecule is CCCCN1CCN(S(=O)(=O)CCC)CC1. The monoisotopic (exact) mass is 248 g/mol. The van der Waals surface area contributed by atoms with E-state index in [0.29, 0.717) is 25.3 Å². The van der Waals surface area contributed by atoms with E-state index in [1.807, 2.05) is 6.92 Å². The first-order valence-corrected chi connectivity index (χ1v) is 7.91. The van der Waals surface area contributed by atoms with E-state index in [1.54, 1.807) is 4.31 Å². The van der Waals surface area contributed by atoms with Gasteiger partial charge in [-0.2, -0.15) is 4.31 Å². The normalized spacial score (nSPS) is 20.1. The number of unbranched alkanes of at least 4 members (excludes halogenated alkanes) is 1. The molecule has 96 valence electrons. The van der Waals surface area contributed by atoms with Crippen LogP contribution < -0.4 is 0 Å². The Labute approximate surface area is 99.7 Å². The molecule has 0 N–H and O–H groups in total. The Balaban J connectivity index is 2.37. The van der Waals surface area contributed by atoms with Crippen molar-refractivity contribution in [2.75, 3.05) is 38.5 Å². The van der Waals surface area contributed by atoms with Crippen molar-refractivity contribution in [3.05, 3.63) is 0 Å². The van der Waals surface area contributed by atoms with Gasteiger partial charge in [0.2, 0.25) is 10.0 Å². The molecule has 1 aliphatic rings. The Morgan fingerprint density at radius 1 is 1.00 bits per heavy atom. The molecule has 1 fully saturated rings. The molecule has 0 aromatic rings. The average molecular weight is 248 g/mol. The fraction of sp³-hybridized carbons (Fsp3) is 1.00. The van der Waals surface area contributed by atoms with Gasteiger partial charge in [0, 0.05) is 26.2 Å². The van der Waals surface area contributed by atoms with Crippen molar-refractivity contribution in [1.29, 1.82) is 0 Å². The molecule has 0 spiro atoms. The van der Waals surface area contributed by atoms with Crippen LogP contribution in [0.15, 0.2) is 0 Å². The lowest BCUT2D eigenvalue weighted by atomic mass is 10.3. The zero-order valence-electron chi connectivity index (χ0n) is 10.5. The molecule has 0 aliphatic carbocycles. The summed E-state index contributed by atoms with van der Waals surface area (Å²) in [6.45, 7) is 8.33. The quantitative estimate of drug-likeness (QED) is 0.708. The van der Waals surface area contributed by atoms with E-state index in [0.717, 1.165) is 19.6 Å². The van der Waals surface area contributed by atoms with Gasteiger partial charge < -0.3 is 4.90 Å². The Morgan fingerprint density at radius 2 is 1.62 bits per heavy atom. The molecular formula is C11H24N2O2S. The molecule has 5 heteroatoms. The third kappa shape index (κ3) is 4.03. The maximum Gasteiger partial charge on any atom is 0.214 e. The molecule has 0 aromatic carbocycles. The van der Waals surface area contributed by atoms with E-state index < -0.39 is 10.0 Å². The van der Waals surface area contributed by atoms with Crippen molar-refractivity contribution in [1.82, 2.24) is 9.21 Å². The maximum absolute atomic E-state index is 11.8. The zero-order valence-corrected chi connectivity index (χ0v) is 11.3. The minimum Gasteiger partial charge on any atom is -0.301 e. The summed E-state index contributed by atoms with van der Waals surface area (Å²) in [5.41, 5.74) is 0. The van der Waals surface area contributed by atoms with Crippen LogP contribution in [0, 0.1) is 0 Å². The average Bonchev–Trinajstić information content (AvgIpc) is 2.27. The molecule has 0 aromatic heterocycles. The molecule has 0 unspecified atom stereocenters. The minimum absolute atomic E-state index is 0.294. The summed E-state index contributed by atoms with van der Waals surface area (Å²) in [4.78, 5) is 2.36. The Kier molecular flexibility index (Phi) is 5.72. The zero-order chi connectivity index (χ0) is 12.0. The highest BCUT2D eigenvalue weighted by Crippen LogP contribution is 2.09. The predicted octanol–water partition coefficient (Wildman–Crippen LogP) is 1.14. The Hall–Kier alpha value is -0.130. The fourth-order valence-corrected chi connectivity index (χ4v) is 3.49. The van der Waals surface area contributed by atoms with Crippen LogP contribution in [0.3, 0.4) is 0 Å². The molecule has 16 heavy (non-hydrogen) atoms. The first kappa shape index (κ1) is 13.9. The highest BCUT2D eigenvalue weighted by atomic mass is 32.2. The summed E-state index contributed by atoms with van der Waals surface area (Å²) < 4.78 is 25.3. The van der Waals surface area contributed by atoms with Crippen LogP contribution in [-0.4, -0.2) is 56.1 Å². The first-order chi connectivity index (χ1) is 7.60. The summed E-state index contributed by atoms with van der Waals surface area (Å²) in [6, 6.07) is 0. The lowest BCUT2D eigenvalue weighted by Crippen LogP contribution is -2.49. The number of piperazine rings is 1. The van der Waals surface area contributed by atoms with E-state index in [2.05, 4.69) is 11.8 Å². The molecule has 0 amide bonds. The van der Waals surface area contributed by atoms with Crippen LogP contribution in [0.1, 0.15) is 33.1 Å². The molecule has 0 atom stereocenters. The van der Waals surface area contributed by atoms with E-state index in [-0.39, 0.29) is 0 Å². The van der Waals surface area contributed by atoms with Gasteiger partial charge >= 0.3 is 0 Å². The van der Waals surface area contributed by atoms with E-state index in [9.17, 15) is 8.42 Å². The van der Waals surface area contributed by atoms with Crippen LogP contribution in [0.25, 0.3) is 0 Å². The third-order valence-corrected chi connectivity index (χ3v) is 5.09. The number of hydrogen-bond acceptors (Lipinski definition) is 3. The molecule has 4 nitrogen and oxygen atoms in total. The molecule has 0 saturated carbocycles. The van der Waals surface area contributed by atoms with Crippen LogP contribution in [-0.2, 0) is 10.0 Å². The summed E-state index contributed by atoms with van der Waals surface area (Å²) in [5.74, 6) is 0.294. The number of nitrogens with zero attached hydrogens (tertiary/aromatic N) is 2. The van der Waals surface area contributed by atoms with Crippen molar-refractivity contribution in [2.24, 2.45) is 0 Å². The van der Waals surface area contributed by atoms with Gasteiger partial charge in [-0.05, 0) is 19.4 Å². The van der Waals surface area contributed by atoms with Gasteiger partial charge in [-0.1, -0.05) is 20.3 Å². The lowest BCUT2D eigenvalue weighted by Gasteiger charge is -2.33. The second-order valence-electron chi connectivity index (χ2n) is 4.41. The van der Waals surface area contributed by atoms with Crippen LogP contribution in [0.5, 0.6) is 0 Å². The summed E-state index contributed by atoms with van der Waals surface area (Å²) in [6.07, 6.45) is 3.12. The smallest absolute Gasteiger partial charge is 0.214 e. The summed E-state index contributed by atoms with van der Waals surface area (Å²) in [7, 11) is -2.97. The second kappa shape index (κ2) is 6.57. The standard InChI is InChI=1S/C11H24N2O2S/c1-3-5-6-12-7-9-13(10-8-12)16(14,15)11-4-2/h3-11H2,1-2H3. The maximum atomic E-state index is 11.8. The second-order valence-corrected chi connectivity index (χ2v) is 6.50. The summed E-state index contributed by atoms with van der Waals surface area (Å²) >= 11 is 0. The number of rotatable bonds is 6. The van der Waals surface area contributed by atoms with Crippen molar-refractivity contribution in [3.63, 3.8) is 0 Å². The highest BCUT2D eigenvalue weighted by Gasteiger charge is 2.25. The Morgan fingerprint density at radius 3 is 2.12 bits per heavy atom. The molecule has 1 heterocycles. The minimum atomic E-state index is -2.97. The van der Waals surface area contributed by atoms with Crippen LogP contribution in [0.4, 0.5) is 0 Å². The predicted molar refractivity (Wildman–Crippen MR) is 67.0 cm³/mol. The van der Waals surface area contributed by atoms with Crippen molar-refractivity contribution in [3.8, 4) is 0 Å². The molecular weight excluding hydrogens is 224 g/mol. The molecule has 1 rings (SSSR count). The fourth-order valence-electron chi connectivity index (χ4n) is 2.00. The molecule has 1 aliphatic heterocycles. The van der Waals surface area contributed by atoms with E-state index in [1.165, 1.54) is 12.8 Å². The molecule has 1 saturated heterocycles. The van der Waals surface area contributed by atoms with Gasteiger partial charge in [-0.3, -0.25) is 0 Å². The van der Waals surface area contributed by atoms with Gasteiger partial charge in [0.15, 0.2) is 0 Å². The van der Waals surface area contributed by atoms with Crippen molar-refractivity contribution >= 4 is 10.0 Å². The molecule has 0 radical (unpaired) electrons. The largest absolute Gasteiger partial charge is 0.301 e. The molecule has 0 bridgehead atoms. The highest BCUT2D eigenvalue weighted by molar-refractivity contribution is 7.89. The van der Waals surface area contributed by atoms with Gasteiger partial charge in [0.25, 0.3) is 0 Å². The van der Waals surface area contributed by atoms with E-state index >= 15 is 0 Å². The topological polar surface area (TPSA) is 40.6 Å². The van der Waals surface area contributed by atoms with E-state index in [4.69, 9.17) is 0 Å². The van der Waals surface area contributed by atoms with Crippen molar-refractivity contribution in [2.45, 2.75) is 33.1 Å². The van der Waals surface area contributed by atoms with Crippen molar-refractivity contribution < 1.29 is 8.42 Å². The van der Waals surface area contributed by atoms with Gasteiger partial charge in [-0.15, -0.1) is 0 Å².